The second-order valence-electron chi connectivity index (χ2n) is 2.90. The van der Waals surface area contributed by atoms with E-state index in [2.05, 4.69) is 13.8 Å². The molecule has 0 radical (unpaired) electrons. The molecule has 2 rings (SSSR count). The van der Waals surface area contributed by atoms with Gasteiger partial charge in [-0.05, 0) is 13.8 Å². The summed E-state index contributed by atoms with van der Waals surface area (Å²) in [6, 6.07) is 0. The van der Waals surface area contributed by atoms with Crippen LogP contribution < -0.4 is 0 Å². The van der Waals surface area contributed by atoms with Crippen molar-refractivity contribution >= 4 is 11.9 Å². The molecule has 0 saturated carbocycles. The van der Waals surface area contributed by atoms with E-state index in [4.69, 9.17) is 29.3 Å². The minimum atomic E-state index is -1.82. The van der Waals surface area contributed by atoms with E-state index >= 15 is 0 Å². The molecule has 2 aliphatic rings. The molecule has 2 aliphatic heterocycles. The van der Waals surface area contributed by atoms with Crippen LogP contribution in [0.2, 0.25) is 0 Å². The zero-order valence-electron chi connectivity index (χ0n) is 9.10. The topological polar surface area (TPSA) is 163 Å². The molecule has 2 saturated heterocycles. The highest BCUT2D eigenvalue weighted by atomic mass is 16.6. The monoisotopic (exact) mass is 242 g/mol. The van der Waals surface area contributed by atoms with Crippen LogP contribution in [0.4, 0.5) is 0 Å². The van der Waals surface area contributed by atoms with Gasteiger partial charge in [-0.2, -0.15) is 0 Å². The molecule has 0 amide bonds. The lowest BCUT2D eigenvalue weighted by Crippen LogP contribution is -2.09. The van der Waals surface area contributed by atoms with Crippen LogP contribution in [0.5, 0.6) is 0 Å². The van der Waals surface area contributed by atoms with Crippen molar-refractivity contribution in [1.29, 1.82) is 0 Å². The van der Waals surface area contributed by atoms with Crippen LogP contribution in [0.15, 0.2) is 0 Å². The number of carboxylic acids is 2. The fourth-order valence-electron chi connectivity index (χ4n) is 0.192. The summed E-state index contributed by atoms with van der Waals surface area (Å²) in [5, 5.41) is 14.8. The Kier molecular flexibility index (Phi) is 13.0. The largest absolute Gasteiger partial charge is 0.473 e. The van der Waals surface area contributed by atoms with E-state index in [1.54, 1.807) is 0 Å². The fourth-order valence-corrected chi connectivity index (χ4v) is 0.192. The van der Waals surface area contributed by atoms with Gasteiger partial charge in [0.2, 0.25) is 0 Å². The maximum Gasteiger partial charge on any atom is 0.414 e. The number of hydrogen-bond acceptors (Lipinski definition) is 4. The van der Waals surface area contributed by atoms with E-state index < -0.39 is 11.9 Å². The third kappa shape index (κ3) is 23.0. The highest BCUT2D eigenvalue weighted by molar-refractivity contribution is 6.27. The van der Waals surface area contributed by atoms with Gasteiger partial charge in [0.15, 0.2) is 0 Å². The molecule has 0 aromatic carbocycles. The summed E-state index contributed by atoms with van der Waals surface area (Å²) < 4.78 is 9.42. The van der Waals surface area contributed by atoms with Crippen LogP contribution in [0, 0.1) is 0 Å². The molecule has 6 N–H and O–H groups in total. The predicted octanol–water partition coefficient (Wildman–Crippen LogP) is -1.68. The van der Waals surface area contributed by atoms with Crippen molar-refractivity contribution in [3.8, 4) is 0 Å². The van der Waals surface area contributed by atoms with Crippen molar-refractivity contribution in [2.75, 3.05) is 13.2 Å². The number of hydrogen-bond donors (Lipinski definition) is 2. The van der Waals surface area contributed by atoms with Crippen molar-refractivity contribution < 1.29 is 40.2 Å². The van der Waals surface area contributed by atoms with Gasteiger partial charge in [-0.15, -0.1) is 0 Å². The molecule has 0 spiro atoms. The summed E-state index contributed by atoms with van der Waals surface area (Å²) in [6.45, 7) is 6.08. The second-order valence-corrected chi connectivity index (χ2v) is 2.90. The quantitative estimate of drug-likeness (QED) is 0.380. The Morgan fingerprint density at radius 2 is 1.06 bits per heavy atom. The minimum Gasteiger partial charge on any atom is -0.473 e. The zero-order chi connectivity index (χ0) is 11.1. The molecule has 16 heavy (non-hydrogen) atoms. The minimum absolute atomic E-state index is 0. The van der Waals surface area contributed by atoms with Gasteiger partial charge in [0.05, 0.1) is 25.4 Å². The first-order valence-corrected chi connectivity index (χ1v) is 4.13. The third-order valence-corrected chi connectivity index (χ3v) is 1.18. The van der Waals surface area contributed by atoms with Gasteiger partial charge >= 0.3 is 11.9 Å². The summed E-state index contributed by atoms with van der Waals surface area (Å²) in [4.78, 5) is 18.2. The van der Waals surface area contributed by atoms with Gasteiger partial charge in [-0.3, -0.25) is 0 Å². The van der Waals surface area contributed by atoms with Crippen molar-refractivity contribution in [1.82, 2.24) is 0 Å². The Morgan fingerprint density at radius 1 is 0.938 bits per heavy atom. The summed E-state index contributed by atoms with van der Waals surface area (Å²) in [7, 11) is 0. The van der Waals surface area contributed by atoms with Crippen molar-refractivity contribution in [3.05, 3.63) is 0 Å². The summed E-state index contributed by atoms with van der Waals surface area (Å²) in [5.41, 5.74) is 0. The van der Waals surface area contributed by atoms with E-state index in [9.17, 15) is 0 Å². The van der Waals surface area contributed by atoms with Gasteiger partial charge < -0.3 is 30.6 Å². The summed E-state index contributed by atoms with van der Waals surface area (Å²) >= 11 is 0. The smallest absolute Gasteiger partial charge is 0.414 e. The van der Waals surface area contributed by atoms with Crippen LogP contribution >= 0.6 is 0 Å². The highest BCUT2D eigenvalue weighted by Crippen LogP contribution is 2.04. The number of carbonyl (C=O) groups is 2. The predicted molar refractivity (Wildman–Crippen MR) is 53.3 cm³/mol. The number of carboxylic acid groups (broad SMARTS) is 2. The van der Waals surface area contributed by atoms with Crippen LogP contribution in [0.3, 0.4) is 0 Å². The number of ether oxygens (including phenoxy) is 2. The number of aliphatic carboxylic acids is 2. The molecule has 0 aliphatic carbocycles. The van der Waals surface area contributed by atoms with Crippen molar-refractivity contribution in [2.45, 2.75) is 26.1 Å². The van der Waals surface area contributed by atoms with Gasteiger partial charge in [-0.1, -0.05) is 0 Å². The average molecular weight is 242 g/mol. The van der Waals surface area contributed by atoms with Crippen LogP contribution in [-0.4, -0.2) is 58.5 Å². The Labute approximate surface area is 92.4 Å². The molecule has 0 bridgehead atoms. The van der Waals surface area contributed by atoms with Gasteiger partial charge in [-0.25, -0.2) is 9.59 Å². The van der Waals surface area contributed by atoms with Gasteiger partial charge in [0, 0.05) is 0 Å². The molecule has 2 fully saturated rings. The molecule has 98 valence electrons. The first-order chi connectivity index (χ1) is 6.43. The van der Waals surface area contributed by atoms with Crippen molar-refractivity contribution in [2.24, 2.45) is 0 Å². The Hall–Kier alpha value is -1.22. The molecule has 0 aromatic rings. The third-order valence-electron chi connectivity index (χ3n) is 1.18. The molecule has 2 unspecified atom stereocenters. The molecule has 8 nitrogen and oxygen atoms in total. The Balaban J connectivity index is -0.000000152. The Morgan fingerprint density at radius 3 is 1.06 bits per heavy atom. The van der Waals surface area contributed by atoms with Gasteiger partial charge in [0.25, 0.3) is 0 Å². The standard InChI is InChI=1S/2C3H6O.C2H2O4.2H2O/c2*1-3-2-4-3;3-1(4)2(5)6;;/h2*3H,2H2,1H3;(H,3,4)(H,5,6);2*1H2. The van der Waals surface area contributed by atoms with E-state index in [-0.39, 0.29) is 11.0 Å². The lowest BCUT2D eigenvalue weighted by molar-refractivity contribution is -0.159. The molecule has 0 aromatic heterocycles. The number of rotatable bonds is 0. The maximum atomic E-state index is 9.10. The van der Waals surface area contributed by atoms with Gasteiger partial charge in [0.1, 0.15) is 0 Å². The average Bonchev–Trinajstić information content (AvgIpc) is 2.94. The normalized spacial score (nSPS) is 22.6. The van der Waals surface area contributed by atoms with Crippen LogP contribution in [-0.2, 0) is 19.1 Å². The first kappa shape index (κ1) is 20.2. The summed E-state index contributed by atoms with van der Waals surface area (Å²) in [5.74, 6) is -3.65. The first-order valence-electron chi connectivity index (χ1n) is 4.13. The highest BCUT2D eigenvalue weighted by Gasteiger charge is 2.13. The lowest BCUT2D eigenvalue weighted by atomic mass is 10.6. The fraction of sp³-hybridized carbons (Fsp3) is 0.750. The molecule has 8 heteroatoms. The molecule has 2 heterocycles. The lowest BCUT2D eigenvalue weighted by Gasteiger charge is -1.72. The number of epoxide rings is 2. The SMILES string of the molecule is CC1CO1.CC1CO1.O.O.O=C(O)C(=O)O. The van der Waals surface area contributed by atoms with Crippen LogP contribution in [0.1, 0.15) is 13.8 Å². The second kappa shape index (κ2) is 10.3. The van der Waals surface area contributed by atoms with E-state index in [0.717, 1.165) is 13.2 Å². The molecule has 2 atom stereocenters. The molecular formula is C8H18O8. The van der Waals surface area contributed by atoms with E-state index in [0.29, 0.717) is 12.2 Å². The van der Waals surface area contributed by atoms with Crippen LogP contribution in [0.25, 0.3) is 0 Å². The maximum absolute atomic E-state index is 9.10. The van der Waals surface area contributed by atoms with E-state index in [1.807, 2.05) is 0 Å². The zero-order valence-corrected chi connectivity index (χ0v) is 9.10. The Bertz CT molecular complexity index is 174. The van der Waals surface area contributed by atoms with Crippen molar-refractivity contribution in [3.63, 3.8) is 0 Å². The summed E-state index contributed by atoms with van der Waals surface area (Å²) in [6.07, 6.45) is 1.17. The molecular weight excluding hydrogens is 224 g/mol. The van der Waals surface area contributed by atoms with E-state index in [1.165, 1.54) is 0 Å².